The van der Waals surface area contributed by atoms with Gasteiger partial charge in [0, 0.05) is 17.2 Å². The van der Waals surface area contributed by atoms with Crippen LogP contribution in [0.3, 0.4) is 0 Å². The number of rotatable bonds is 6. The van der Waals surface area contributed by atoms with Gasteiger partial charge in [-0.2, -0.15) is 0 Å². The van der Waals surface area contributed by atoms with E-state index in [-0.39, 0.29) is 16.8 Å². The maximum atomic E-state index is 12.0. The molecule has 7 nitrogen and oxygen atoms in total. The van der Waals surface area contributed by atoms with Crippen molar-refractivity contribution in [3.8, 4) is 0 Å². The highest BCUT2D eigenvalue weighted by Crippen LogP contribution is 2.21. The van der Waals surface area contributed by atoms with Gasteiger partial charge in [0.2, 0.25) is 0 Å². The van der Waals surface area contributed by atoms with Gasteiger partial charge >= 0.3 is 5.97 Å². The van der Waals surface area contributed by atoms with Crippen LogP contribution in [0.2, 0.25) is 0 Å². The fourth-order valence-electron chi connectivity index (χ4n) is 1.85. The molecule has 0 aliphatic carbocycles. The summed E-state index contributed by atoms with van der Waals surface area (Å²) in [5.41, 5.74) is 0.164. The Kier molecular flexibility index (Phi) is 5.19. The fraction of sp³-hybridized carbons (Fsp3) is 0.385. The molecule has 0 fully saturated rings. The predicted octanol–water partition coefficient (Wildman–Crippen LogP) is 1.89. The van der Waals surface area contributed by atoms with Crippen LogP contribution in [-0.2, 0) is 4.79 Å². The topological polar surface area (TPSA) is 110 Å². The molecule has 1 rings (SSSR count). The highest BCUT2D eigenvalue weighted by Gasteiger charge is 2.23. The fourth-order valence-corrected chi connectivity index (χ4v) is 1.85. The first kappa shape index (κ1) is 15.6. The lowest BCUT2D eigenvalue weighted by Gasteiger charge is -2.14. The van der Waals surface area contributed by atoms with Crippen LogP contribution in [0.15, 0.2) is 18.2 Å². The van der Waals surface area contributed by atoms with Crippen LogP contribution >= 0.6 is 0 Å². The Balaban J connectivity index is 3.00. The maximum Gasteiger partial charge on any atom is 0.326 e. The molecular formula is C13H16N2O5. The molecule has 108 valence electrons. The Morgan fingerprint density at radius 1 is 1.45 bits per heavy atom. The average molecular weight is 280 g/mol. The van der Waals surface area contributed by atoms with Gasteiger partial charge in [-0.3, -0.25) is 14.9 Å². The Bertz CT molecular complexity index is 542. The molecule has 1 amide bonds. The molecule has 1 atom stereocenters. The van der Waals surface area contributed by atoms with Crippen molar-refractivity contribution in [3.63, 3.8) is 0 Å². The van der Waals surface area contributed by atoms with Gasteiger partial charge in [0.1, 0.15) is 6.04 Å². The summed E-state index contributed by atoms with van der Waals surface area (Å²) < 4.78 is 0. The van der Waals surface area contributed by atoms with E-state index in [4.69, 9.17) is 5.11 Å². The van der Waals surface area contributed by atoms with Crippen LogP contribution in [-0.4, -0.2) is 27.9 Å². The van der Waals surface area contributed by atoms with E-state index in [1.54, 1.807) is 6.92 Å². The van der Waals surface area contributed by atoms with Gasteiger partial charge in [-0.05, 0) is 19.4 Å². The number of carbonyl (C=O) groups excluding carboxylic acids is 1. The van der Waals surface area contributed by atoms with Crippen molar-refractivity contribution in [3.05, 3.63) is 39.4 Å². The van der Waals surface area contributed by atoms with Gasteiger partial charge in [-0.25, -0.2) is 4.79 Å². The smallest absolute Gasteiger partial charge is 0.326 e. The molecule has 0 saturated heterocycles. The number of benzene rings is 1. The van der Waals surface area contributed by atoms with Gasteiger partial charge in [0.15, 0.2) is 0 Å². The Labute approximate surface area is 115 Å². The molecule has 0 spiro atoms. The van der Waals surface area contributed by atoms with E-state index < -0.39 is 22.8 Å². The van der Waals surface area contributed by atoms with Crippen molar-refractivity contribution >= 4 is 17.6 Å². The molecular weight excluding hydrogens is 264 g/mol. The van der Waals surface area contributed by atoms with Crippen LogP contribution in [0.5, 0.6) is 0 Å². The van der Waals surface area contributed by atoms with E-state index in [2.05, 4.69) is 5.32 Å². The predicted molar refractivity (Wildman–Crippen MR) is 71.6 cm³/mol. The Hall–Kier alpha value is -2.44. The molecule has 20 heavy (non-hydrogen) atoms. The van der Waals surface area contributed by atoms with E-state index in [1.807, 2.05) is 0 Å². The minimum atomic E-state index is -1.12. The molecule has 0 aliphatic heterocycles. The third-order valence-electron chi connectivity index (χ3n) is 2.93. The second-order valence-electron chi connectivity index (χ2n) is 4.36. The third-order valence-corrected chi connectivity index (χ3v) is 2.93. The zero-order chi connectivity index (χ0) is 15.3. The lowest BCUT2D eigenvalue weighted by atomic mass is 10.1. The quantitative estimate of drug-likeness (QED) is 0.610. The molecule has 0 saturated carbocycles. The minimum Gasteiger partial charge on any atom is -0.480 e. The number of carboxylic acids is 1. The molecule has 1 aromatic rings. The van der Waals surface area contributed by atoms with Crippen molar-refractivity contribution in [2.24, 2.45) is 0 Å². The first-order valence-corrected chi connectivity index (χ1v) is 6.16. The van der Waals surface area contributed by atoms with Crippen molar-refractivity contribution in [1.82, 2.24) is 5.32 Å². The number of nitrogens with one attached hydrogen (secondary N) is 1. The molecule has 1 aromatic carbocycles. The molecule has 0 aromatic heterocycles. The van der Waals surface area contributed by atoms with Crippen molar-refractivity contribution in [1.29, 1.82) is 0 Å². The number of carboxylic acid groups (broad SMARTS) is 1. The second kappa shape index (κ2) is 6.65. The van der Waals surface area contributed by atoms with E-state index in [0.29, 0.717) is 12.8 Å². The molecule has 0 radical (unpaired) electrons. The second-order valence-corrected chi connectivity index (χ2v) is 4.36. The van der Waals surface area contributed by atoms with Crippen molar-refractivity contribution in [2.75, 3.05) is 0 Å². The summed E-state index contributed by atoms with van der Waals surface area (Å²) in [6.45, 7) is 3.27. The number of nitrogens with zero attached hydrogens (tertiary/aromatic N) is 1. The monoisotopic (exact) mass is 280 g/mol. The van der Waals surface area contributed by atoms with Crippen LogP contribution in [0, 0.1) is 17.0 Å². The molecule has 7 heteroatoms. The number of aliphatic carboxylic acids is 1. The normalized spacial score (nSPS) is 11.7. The minimum absolute atomic E-state index is 0.113. The summed E-state index contributed by atoms with van der Waals surface area (Å²) in [5.74, 6) is -1.74. The largest absolute Gasteiger partial charge is 0.480 e. The molecule has 0 heterocycles. The van der Waals surface area contributed by atoms with Gasteiger partial charge in [0.05, 0.1) is 4.92 Å². The van der Waals surface area contributed by atoms with Gasteiger partial charge < -0.3 is 10.4 Å². The van der Waals surface area contributed by atoms with Crippen molar-refractivity contribution in [2.45, 2.75) is 32.7 Å². The highest BCUT2D eigenvalue weighted by atomic mass is 16.6. The van der Waals surface area contributed by atoms with Crippen molar-refractivity contribution < 1.29 is 19.6 Å². The van der Waals surface area contributed by atoms with Crippen LogP contribution in [0.1, 0.15) is 35.7 Å². The number of hydrogen-bond donors (Lipinski definition) is 2. The summed E-state index contributed by atoms with van der Waals surface area (Å²) >= 11 is 0. The summed E-state index contributed by atoms with van der Waals surface area (Å²) in [7, 11) is 0. The third kappa shape index (κ3) is 3.53. The average Bonchev–Trinajstić information content (AvgIpc) is 2.37. The first-order valence-electron chi connectivity index (χ1n) is 6.16. The number of hydrogen-bond acceptors (Lipinski definition) is 4. The Morgan fingerprint density at radius 2 is 2.10 bits per heavy atom. The summed E-state index contributed by atoms with van der Waals surface area (Å²) in [4.78, 5) is 33.3. The van der Waals surface area contributed by atoms with Gasteiger partial charge in [0.25, 0.3) is 11.6 Å². The van der Waals surface area contributed by atoms with Gasteiger partial charge in [-0.15, -0.1) is 0 Å². The van der Waals surface area contributed by atoms with Crippen LogP contribution in [0.4, 0.5) is 5.69 Å². The summed E-state index contributed by atoms with van der Waals surface area (Å²) in [6.07, 6.45) is 0.903. The molecule has 2 N–H and O–H groups in total. The van der Waals surface area contributed by atoms with E-state index in [9.17, 15) is 19.7 Å². The lowest BCUT2D eigenvalue weighted by molar-refractivity contribution is -0.385. The van der Waals surface area contributed by atoms with Crippen LogP contribution in [0.25, 0.3) is 0 Å². The highest BCUT2D eigenvalue weighted by molar-refractivity contribution is 5.98. The molecule has 0 bridgehead atoms. The SMILES string of the molecule is CCC[C@@H](NC(=O)c1cccc([N+](=O)[O-])c1C)C(=O)O. The van der Waals surface area contributed by atoms with E-state index in [1.165, 1.54) is 25.1 Å². The van der Waals surface area contributed by atoms with Crippen LogP contribution < -0.4 is 5.32 Å². The number of nitro benzene ring substituents is 1. The van der Waals surface area contributed by atoms with E-state index in [0.717, 1.165) is 0 Å². The standard InChI is InChI=1S/C13H16N2O5/c1-3-5-10(13(17)18)14-12(16)9-6-4-7-11(8(9)2)15(19)20/h4,6-7,10H,3,5H2,1-2H3,(H,14,16)(H,17,18)/t10-/m1/s1. The summed E-state index contributed by atoms with van der Waals surface area (Å²) in [5, 5.41) is 22.2. The number of nitro groups is 1. The molecule has 0 aliphatic rings. The Morgan fingerprint density at radius 3 is 2.60 bits per heavy atom. The lowest BCUT2D eigenvalue weighted by Crippen LogP contribution is -2.40. The zero-order valence-electron chi connectivity index (χ0n) is 11.3. The maximum absolute atomic E-state index is 12.0. The first-order chi connectivity index (χ1) is 9.38. The molecule has 0 unspecified atom stereocenters. The number of amides is 1. The van der Waals surface area contributed by atoms with E-state index >= 15 is 0 Å². The zero-order valence-corrected chi connectivity index (χ0v) is 11.3. The number of carbonyl (C=O) groups is 2. The summed E-state index contributed by atoms with van der Waals surface area (Å²) in [6, 6.07) is 3.14. The van der Waals surface area contributed by atoms with Gasteiger partial charge in [-0.1, -0.05) is 19.4 Å².